The Morgan fingerprint density at radius 2 is 1.74 bits per heavy atom. The topological polar surface area (TPSA) is 68.7 Å². The van der Waals surface area contributed by atoms with Crippen LogP contribution in [-0.4, -0.2) is 56.2 Å². The summed E-state index contributed by atoms with van der Waals surface area (Å²) < 4.78 is 40.3. The van der Waals surface area contributed by atoms with Gasteiger partial charge in [0.25, 0.3) is 0 Å². The number of aryl methyl sites for hydroxylation is 1. The lowest BCUT2D eigenvalue weighted by atomic mass is 10.1. The van der Waals surface area contributed by atoms with E-state index in [-0.39, 0.29) is 12.2 Å². The van der Waals surface area contributed by atoms with Gasteiger partial charge < -0.3 is 9.47 Å². The van der Waals surface area contributed by atoms with E-state index in [0.717, 1.165) is 36.8 Å². The highest BCUT2D eigenvalue weighted by molar-refractivity contribution is 7.89. The number of hydrogen-bond donors (Lipinski definition) is 0. The number of ether oxygens (including phenoxy) is 2. The molecule has 0 amide bonds. The monoisotopic (exact) mass is 390 g/mol. The van der Waals surface area contributed by atoms with Gasteiger partial charge in [-0.3, -0.25) is 4.98 Å². The Labute approximate surface area is 160 Å². The summed E-state index contributed by atoms with van der Waals surface area (Å²) in [5.41, 5.74) is 1.70. The van der Waals surface area contributed by atoms with Crippen molar-refractivity contribution in [1.29, 1.82) is 0 Å². The zero-order valence-electron chi connectivity index (χ0n) is 15.6. The largest absolute Gasteiger partial charge is 0.377 e. The average molecular weight is 391 g/mol. The maximum Gasteiger partial charge on any atom is 0.243 e. The number of rotatable bonds is 6. The van der Waals surface area contributed by atoms with Crippen molar-refractivity contribution in [1.82, 2.24) is 9.29 Å². The summed E-state index contributed by atoms with van der Waals surface area (Å²) in [7, 11) is -3.69. The molecular weight excluding hydrogens is 364 g/mol. The van der Waals surface area contributed by atoms with Crippen molar-refractivity contribution in [3.63, 3.8) is 0 Å². The fourth-order valence-electron chi connectivity index (χ4n) is 3.95. The van der Waals surface area contributed by atoms with Crippen molar-refractivity contribution < 1.29 is 17.9 Å². The number of pyridine rings is 1. The first-order valence-electron chi connectivity index (χ1n) is 9.63. The fraction of sp³-hybridized carbons (Fsp3) is 0.550. The fourth-order valence-corrected chi connectivity index (χ4v) is 5.64. The molecule has 1 aromatic carbocycles. The van der Waals surface area contributed by atoms with Crippen LogP contribution in [0, 0.1) is 6.92 Å². The summed E-state index contributed by atoms with van der Waals surface area (Å²) in [6.07, 6.45) is 5.36. The first-order valence-corrected chi connectivity index (χ1v) is 11.1. The van der Waals surface area contributed by atoms with Gasteiger partial charge in [-0.05, 0) is 56.4 Å². The van der Waals surface area contributed by atoms with Gasteiger partial charge in [0.1, 0.15) is 0 Å². The molecule has 7 heteroatoms. The first-order chi connectivity index (χ1) is 13.1. The molecule has 2 aliphatic heterocycles. The van der Waals surface area contributed by atoms with E-state index >= 15 is 0 Å². The van der Waals surface area contributed by atoms with Gasteiger partial charge in [-0.15, -0.1) is 0 Å². The SMILES string of the molecule is Cc1ccc(S(=O)(=O)N(CC2CCCO2)CC2CCCO2)c2cccnc12. The zero-order valence-corrected chi connectivity index (χ0v) is 16.5. The summed E-state index contributed by atoms with van der Waals surface area (Å²) in [4.78, 5) is 4.70. The summed E-state index contributed by atoms with van der Waals surface area (Å²) in [5, 5.41) is 0.669. The lowest BCUT2D eigenvalue weighted by molar-refractivity contribution is 0.0649. The van der Waals surface area contributed by atoms with Crippen LogP contribution in [0.3, 0.4) is 0 Å². The molecule has 0 saturated carbocycles. The molecule has 2 aliphatic rings. The highest BCUT2D eigenvalue weighted by Crippen LogP contribution is 2.29. The van der Waals surface area contributed by atoms with Crippen LogP contribution in [0.4, 0.5) is 0 Å². The predicted octanol–water partition coefficient (Wildman–Crippen LogP) is 2.89. The minimum absolute atomic E-state index is 0.0454. The maximum atomic E-state index is 13.6. The van der Waals surface area contributed by atoms with E-state index in [0.29, 0.717) is 36.6 Å². The summed E-state index contributed by atoms with van der Waals surface area (Å²) >= 11 is 0. The number of hydrogen-bond acceptors (Lipinski definition) is 5. The van der Waals surface area contributed by atoms with Crippen molar-refractivity contribution in [2.45, 2.75) is 49.7 Å². The average Bonchev–Trinajstić information content (AvgIpc) is 3.35. The third-order valence-electron chi connectivity index (χ3n) is 5.41. The molecule has 1 aromatic heterocycles. The van der Waals surface area contributed by atoms with Crippen molar-refractivity contribution in [3.05, 3.63) is 36.0 Å². The Balaban J connectivity index is 1.71. The van der Waals surface area contributed by atoms with Crippen LogP contribution in [0.25, 0.3) is 10.9 Å². The Morgan fingerprint density at radius 1 is 1.07 bits per heavy atom. The summed E-state index contributed by atoms with van der Waals surface area (Å²) in [6, 6.07) is 7.15. The third-order valence-corrected chi connectivity index (χ3v) is 7.30. The molecule has 0 radical (unpaired) electrons. The number of sulfonamides is 1. The molecule has 0 N–H and O–H groups in total. The highest BCUT2D eigenvalue weighted by atomic mass is 32.2. The minimum atomic E-state index is -3.69. The highest BCUT2D eigenvalue weighted by Gasteiger charge is 2.33. The Morgan fingerprint density at radius 3 is 2.33 bits per heavy atom. The van der Waals surface area contributed by atoms with Gasteiger partial charge in [-0.25, -0.2) is 8.42 Å². The molecule has 27 heavy (non-hydrogen) atoms. The minimum Gasteiger partial charge on any atom is -0.377 e. The number of aromatic nitrogens is 1. The van der Waals surface area contributed by atoms with Crippen molar-refractivity contribution in [3.8, 4) is 0 Å². The van der Waals surface area contributed by atoms with E-state index in [2.05, 4.69) is 4.98 Å². The van der Waals surface area contributed by atoms with Crippen molar-refractivity contribution in [2.75, 3.05) is 26.3 Å². The molecule has 2 atom stereocenters. The standard InChI is InChI=1S/C20H26N2O4S/c1-15-8-9-19(18-7-2-10-21-20(15)18)27(23,24)22(13-16-5-3-11-25-16)14-17-6-4-12-26-17/h2,7-10,16-17H,3-6,11-14H2,1H3. The molecule has 2 saturated heterocycles. The van der Waals surface area contributed by atoms with Gasteiger partial charge in [0.05, 0.1) is 22.6 Å². The molecule has 0 bridgehead atoms. The zero-order chi connectivity index (χ0) is 18.9. The van der Waals surface area contributed by atoms with E-state index in [1.165, 1.54) is 0 Å². The van der Waals surface area contributed by atoms with Crippen molar-refractivity contribution >= 4 is 20.9 Å². The second-order valence-electron chi connectivity index (χ2n) is 7.37. The second-order valence-corrected chi connectivity index (χ2v) is 9.28. The predicted molar refractivity (Wildman–Crippen MR) is 103 cm³/mol. The molecule has 4 rings (SSSR count). The van der Waals surface area contributed by atoms with E-state index in [9.17, 15) is 8.42 Å². The van der Waals surface area contributed by atoms with Gasteiger partial charge in [0.2, 0.25) is 10.0 Å². The van der Waals surface area contributed by atoms with E-state index in [1.807, 2.05) is 19.1 Å². The molecule has 2 fully saturated rings. The van der Waals surface area contributed by atoms with Gasteiger partial charge >= 0.3 is 0 Å². The molecule has 0 spiro atoms. The first kappa shape index (κ1) is 18.8. The number of benzene rings is 1. The third kappa shape index (κ3) is 3.87. The van der Waals surface area contributed by atoms with Gasteiger partial charge in [-0.2, -0.15) is 4.31 Å². The molecule has 2 unspecified atom stereocenters. The van der Waals surface area contributed by atoms with Crippen LogP contribution in [0.15, 0.2) is 35.4 Å². The van der Waals surface area contributed by atoms with Crippen LogP contribution in [-0.2, 0) is 19.5 Å². The summed E-state index contributed by atoms with van der Waals surface area (Å²) in [5.74, 6) is 0. The van der Waals surface area contributed by atoms with Gasteiger partial charge in [0.15, 0.2) is 0 Å². The maximum absolute atomic E-state index is 13.6. The lowest BCUT2D eigenvalue weighted by Crippen LogP contribution is -2.42. The van der Waals surface area contributed by atoms with Crippen LogP contribution < -0.4 is 0 Å². The molecule has 0 aliphatic carbocycles. The Hall–Kier alpha value is -1.54. The van der Waals surface area contributed by atoms with E-state index < -0.39 is 10.0 Å². The second kappa shape index (κ2) is 7.83. The van der Waals surface area contributed by atoms with Gasteiger partial charge in [-0.1, -0.05) is 6.07 Å². The number of fused-ring (bicyclic) bond motifs is 1. The molecule has 6 nitrogen and oxygen atoms in total. The smallest absolute Gasteiger partial charge is 0.243 e. The van der Waals surface area contributed by atoms with E-state index in [4.69, 9.17) is 9.47 Å². The molecule has 146 valence electrons. The Kier molecular flexibility index (Phi) is 5.45. The van der Waals surface area contributed by atoms with Crippen LogP contribution >= 0.6 is 0 Å². The molecular formula is C20H26N2O4S. The van der Waals surface area contributed by atoms with Crippen LogP contribution in [0.2, 0.25) is 0 Å². The molecule has 3 heterocycles. The lowest BCUT2D eigenvalue weighted by Gasteiger charge is -2.27. The van der Waals surface area contributed by atoms with E-state index in [1.54, 1.807) is 22.6 Å². The normalized spacial score (nSPS) is 23.5. The van der Waals surface area contributed by atoms with Gasteiger partial charge in [0, 0.05) is 37.9 Å². The van der Waals surface area contributed by atoms with Crippen molar-refractivity contribution in [2.24, 2.45) is 0 Å². The van der Waals surface area contributed by atoms with Crippen LogP contribution in [0.1, 0.15) is 31.2 Å². The van der Waals surface area contributed by atoms with Crippen LogP contribution in [0.5, 0.6) is 0 Å². The quantitative estimate of drug-likeness (QED) is 0.759. The summed E-state index contributed by atoms with van der Waals surface area (Å²) in [6.45, 7) is 4.10. The Bertz CT molecular complexity index is 885. The molecule has 2 aromatic rings. The number of nitrogens with zero attached hydrogens (tertiary/aromatic N) is 2.